The highest BCUT2D eigenvalue weighted by Gasteiger charge is 2.50. The molecule has 0 unspecified atom stereocenters. The lowest BCUT2D eigenvalue weighted by atomic mass is 9.73. The first kappa shape index (κ1) is 16.1. The number of rotatable bonds is 2. The third-order valence-corrected chi connectivity index (χ3v) is 5.80. The molecule has 0 N–H and O–H groups in total. The second-order valence-corrected chi connectivity index (χ2v) is 7.44. The molecular weight excluding hydrogens is 310 g/mol. The van der Waals surface area contributed by atoms with Crippen molar-refractivity contribution in [1.29, 1.82) is 0 Å². The van der Waals surface area contributed by atoms with Crippen molar-refractivity contribution >= 4 is 17.5 Å². The van der Waals surface area contributed by atoms with E-state index in [4.69, 9.17) is 0 Å². The first-order valence-electron chi connectivity index (χ1n) is 9.06. The van der Waals surface area contributed by atoms with Crippen LogP contribution in [0.1, 0.15) is 41.9 Å². The topological polar surface area (TPSA) is 37.4 Å². The number of carbonyl (C=O) groups excluding carboxylic acids is 2. The van der Waals surface area contributed by atoms with Crippen LogP contribution in [0.3, 0.4) is 0 Å². The number of fused-ring (bicyclic) bond motifs is 1. The van der Waals surface area contributed by atoms with E-state index in [2.05, 4.69) is 12.1 Å². The van der Waals surface area contributed by atoms with Crippen molar-refractivity contribution in [2.45, 2.75) is 39.0 Å². The maximum Gasteiger partial charge on any atom is 0.237 e. The van der Waals surface area contributed by atoms with Gasteiger partial charge in [0, 0.05) is 0 Å². The van der Waals surface area contributed by atoms with Crippen molar-refractivity contribution in [3.05, 3.63) is 65.2 Å². The Bertz CT molecular complexity index is 827. The van der Waals surface area contributed by atoms with Crippen LogP contribution in [0.4, 0.5) is 5.69 Å². The van der Waals surface area contributed by atoms with Gasteiger partial charge in [-0.3, -0.25) is 9.59 Å². The van der Waals surface area contributed by atoms with Gasteiger partial charge < -0.3 is 0 Å². The summed E-state index contributed by atoms with van der Waals surface area (Å²) >= 11 is 0. The summed E-state index contributed by atoms with van der Waals surface area (Å²) in [6.45, 7) is 3.95. The molecule has 1 heterocycles. The Labute approximate surface area is 148 Å². The minimum Gasteiger partial charge on any atom is -0.274 e. The van der Waals surface area contributed by atoms with Crippen molar-refractivity contribution in [3.63, 3.8) is 0 Å². The van der Waals surface area contributed by atoms with E-state index in [1.165, 1.54) is 10.5 Å². The Morgan fingerprint density at radius 2 is 1.60 bits per heavy atom. The number of anilines is 1. The average molecular weight is 333 g/mol. The number of benzene rings is 2. The van der Waals surface area contributed by atoms with E-state index in [0.717, 1.165) is 36.1 Å². The monoisotopic (exact) mass is 333 g/mol. The maximum absolute atomic E-state index is 13.1. The van der Waals surface area contributed by atoms with E-state index in [1.807, 2.05) is 50.2 Å². The molecule has 2 fully saturated rings. The smallest absolute Gasteiger partial charge is 0.237 e. The van der Waals surface area contributed by atoms with Crippen molar-refractivity contribution < 1.29 is 9.59 Å². The number of amides is 2. The number of imide groups is 1. The SMILES string of the molecule is Cc1ccc(C)c(N2C(=O)[C@H]3C[C@@H](c4ccccc4)CC[C@H]3C2=O)c1. The Morgan fingerprint density at radius 3 is 2.36 bits per heavy atom. The molecule has 1 saturated carbocycles. The van der Waals surface area contributed by atoms with E-state index in [0.29, 0.717) is 5.92 Å². The van der Waals surface area contributed by atoms with Gasteiger partial charge >= 0.3 is 0 Å². The fourth-order valence-electron chi connectivity index (χ4n) is 4.41. The van der Waals surface area contributed by atoms with Crippen LogP contribution in [0.5, 0.6) is 0 Å². The number of nitrogens with zero attached hydrogens (tertiary/aromatic N) is 1. The van der Waals surface area contributed by atoms with Gasteiger partial charge in [0.15, 0.2) is 0 Å². The van der Waals surface area contributed by atoms with Crippen molar-refractivity contribution in [2.75, 3.05) is 4.90 Å². The van der Waals surface area contributed by atoms with Gasteiger partial charge in [-0.1, -0.05) is 42.5 Å². The van der Waals surface area contributed by atoms with E-state index in [1.54, 1.807) is 0 Å². The summed E-state index contributed by atoms with van der Waals surface area (Å²) in [5.41, 5.74) is 4.09. The van der Waals surface area contributed by atoms with Crippen LogP contribution in [-0.2, 0) is 9.59 Å². The average Bonchev–Trinajstić information content (AvgIpc) is 2.88. The summed E-state index contributed by atoms with van der Waals surface area (Å²) in [4.78, 5) is 27.5. The summed E-state index contributed by atoms with van der Waals surface area (Å²) < 4.78 is 0. The summed E-state index contributed by atoms with van der Waals surface area (Å²) in [7, 11) is 0. The summed E-state index contributed by atoms with van der Waals surface area (Å²) in [5, 5.41) is 0. The molecule has 25 heavy (non-hydrogen) atoms. The Morgan fingerprint density at radius 1 is 0.880 bits per heavy atom. The predicted octanol–water partition coefficient (Wildman–Crippen LogP) is 4.38. The third kappa shape index (κ3) is 2.68. The van der Waals surface area contributed by atoms with Crippen molar-refractivity contribution in [3.8, 4) is 0 Å². The lowest BCUT2D eigenvalue weighted by Crippen LogP contribution is -2.31. The van der Waals surface area contributed by atoms with Gasteiger partial charge in [0.25, 0.3) is 0 Å². The molecule has 2 amide bonds. The summed E-state index contributed by atoms with van der Waals surface area (Å²) in [5.74, 6) is 0.0380. The zero-order chi connectivity index (χ0) is 17.6. The van der Waals surface area contributed by atoms with Gasteiger partial charge in [-0.05, 0) is 61.8 Å². The molecule has 3 heteroatoms. The van der Waals surface area contributed by atoms with Crippen LogP contribution >= 0.6 is 0 Å². The molecule has 0 bridgehead atoms. The second kappa shape index (κ2) is 6.14. The molecule has 3 atom stereocenters. The highest BCUT2D eigenvalue weighted by molar-refractivity contribution is 6.22. The van der Waals surface area contributed by atoms with E-state index < -0.39 is 0 Å². The Kier molecular flexibility index (Phi) is 3.95. The normalized spacial score (nSPS) is 26.0. The first-order chi connectivity index (χ1) is 12.1. The van der Waals surface area contributed by atoms with Crippen LogP contribution in [0.2, 0.25) is 0 Å². The van der Waals surface area contributed by atoms with Gasteiger partial charge in [-0.15, -0.1) is 0 Å². The van der Waals surface area contributed by atoms with Gasteiger partial charge in [0.1, 0.15) is 0 Å². The Hall–Kier alpha value is -2.42. The molecule has 1 aliphatic heterocycles. The van der Waals surface area contributed by atoms with Gasteiger partial charge in [0.2, 0.25) is 11.8 Å². The van der Waals surface area contributed by atoms with Crippen LogP contribution in [-0.4, -0.2) is 11.8 Å². The van der Waals surface area contributed by atoms with Crippen LogP contribution in [0.25, 0.3) is 0 Å². The number of aryl methyl sites for hydroxylation is 2. The fourth-order valence-corrected chi connectivity index (χ4v) is 4.41. The van der Waals surface area contributed by atoms with Crippen molar-refractivity contribution in [2.24, 2.45) is 11.8 Å². The molecule has 2 aromatic carbocycles. The van der Waals surface area contributed by atoms with Crippen LogP contribution < -0.4 is 4.90 Å². The summed E-state index contributed by atoms with van der Waals surface area (Å²) in [6.07, 6.45) is 2.56. The Balaban J connectivity index is 1.64. The van der Waals surface area contributed by atoms with Crippen molar-refractivity contribution in [1.82, 2.24) is 0 Å². The lowest BCUT2D eigenvalue weighted by Gasteiger charge is -2.28. The standard InChI is InChI=1S/C22H23NO2/c1-14-8-9-15(2)20(12-14)23-21(24)18-11-10-17(13-19(18)22(23)25)16-6-4-3-5-7-16/h3-9,12,17-19H,10-11,13H2,1-2H3/t17-,18+,19-/m0/s1. The minimum atomic E-state index is -0.175. The van der Waals surface area contributed by atoms with E-state index in [-0.39, 0.29) is 23.7 Å². The minimum absolute atomic E-state index is 0.00443. The van der Waals surface area contributed by atoms with Gasteiger partial charge in [-0.25, -0.2) is 4.90 Å². The third-order valence-electron chi connectivity index (χ3n) is 5.80. The molecule has 0 radical (unpaired) electrons. The lowest BCUT2D eigenvalue weighted by molar-refractivity contribution is -0.122. The molecule has 1 aliphatic carbocycles. The molecule has 4 rings (SSSR count). The number of carbonyl (C=O) groups is 2. The van der Waals surface area contributed by atoms with Gasteiger partial charge in [0.05, 0.1) is 17.5 Å². The van der Waals surface area contributed by atoms with E-state index >= 15 is 0 Å². The predicted molar refractivity (Wildman–Crippen MR) is 98.4 cm³/mol. The molecule has 1 saturated heterocycles. The summed E-state index contributed by atoms with van der Waals surface area (Å²) in [6, 6.07) is 16.3. The van der Waals surface area contributed by atoms with Crippen LogP contribution in [0, 0.1) is 25.7 Å². The highest BCUT2D eigenvalue weighted by Crippen LogP contribution is 2.46. The molecule has 2 aliphatic rings. The number of hydrogen-bond acceptors (Lipinski definition) is 2. The maximum atomic E-state index is 13.1. The zero-order valence-electron chi connectivity index (χ0n) is 14.7. The quantitative estimate of drug-likeness (QED) is 0.765. The first-order valence-corrected chi connectivity index (χ1v) is 9.06. The fraction of sp³-hybridized carbons (Fsp3) is 0.364. The van der Waals surface area contributed by atoms with Crippen LogP contribution in [0.15, 0.2) is 48.5 Å². The molecule has 0 spiro atoms. The molecule has 0 aromatic heterocycles. The second-order valence-electron chi connectivity index (χ2n) is 7.44. The molecule has 3 nitrogen and oxygen atoms in total. The zero-order valence-corrected chi connectivity index (χ0v) is 14.7. The van der Waals surface area contributed by atoms with E-state index in [9.17, 15) is 9.59 Å². The molecular formula is C22H23NO2. The number of hydrogen-bond donors (Lipinski definition) is 0. The molecule has 2 aromatic rings. The largest absolute Gasteiger partial charge is 0.274 e. The highest BCUT2D eigenvalue weighted by atomic mass is 16.2. The molecule has 128 valence electrons. The van der Waals surface area contributed by atoms with Gasteiger partial charge in [-0.2, -0.15) is 0 Å².